The molecule has 0 bridgehead atoms. The molecule has 0 saturated heterocycles. The van der Waals surface area contributed by atoms with Gasteiger partial charge in [0.05, 0.1) is 11.1 Å². The van der Waals surface area contributed by atoms with Crippen LogP contribution in [-0.4, -0.2) is 12.5 Å². The fourth-order valence-corrected chi connectivity index (χ4v) is 2.74. The minimum atomic E-state index is -0.519. The van der Waals surface area contributed by atoms with Crippen LogP contribution in [0.3, 0.4) is 0 Å². The van der Waals surface area contributed by atoms with E-state index in [1.54, 1.807) is 12.1 Å². The Labute approximate surface area is 113 Å². The molecular formula is C15H21FN2O. The largest absolute Gasteiger partial charge is 0.329 e. The average Bonchev–Trinajstić information content (AvgIpc) is 2.43. The molecule has 1 amide bonds. The normalized spacial score (nSPS) is 18.1. The smallest absolute Gasteiger partial charge is 0.231 e. The van der Waals surface area contributed by atoms with E-state index in [4.69, 9.17) is 5.73 Å². The number of nitrogens with two attached hydrogens (primary N) is 1. The summed E-state index contributed by atoms with van der Waals surface area (Å²) in [6.07, 6.45) is 4.77. The Balaban J connectivity index is 2.17. The lowest BCUT2D eigenvalue weighted by atomic mass is 9.73. The first-order valence-corrected chi connectivity index (χ1v) is 6.85. The lowest BCUT2D eigenvalue weighted by molar-refractivity contribution is -0.126. The van der Waals surface area contributed by atoms with Crippen molar-refractivity contribution in [1.82, 2.24) is 0 Å². The number of halogens is 1. The van der Waals surface area contributed by atoms with Crippen LogP contribution in [-0.2, 0) is 4.79 Å². The van der Waals surface area contributed by atoms with Crippen molar-refractivity contribution in [3.05, 3.63) is 29.6 Å². The predicted octanol–water partition coefficient (Wildman–Crippen LogP) is 2.98. The summed E-state index contributed by atoms with van der Waals surface area (Å²) in [4.78, 5) is 12.4. The molecule has 1 aromatic rings. The molecule has 3 nitrogen and oxygen atoms in total. The van der Waals surface area contributed by atoms with Crippen molar-refractivity contribution in [2.24, 2.45) is 11.1 Å². The maximum absolute atomic E-state index is 13.7. The third-order valence-corrected chi connectivity index (χ3v) is 4.05. The van der Waals surface area contributed by atoms with Gasteiger partial charge < -0.3 is 11.1 Å². The molecule has 19 heavy (non-hydrogen) atoms. The number of rotatable bonds is 3. The van der Waals surface area contributed by atoms with Crippen LogP contribution < -0.4 is 11.1 Å². The number of nitrogens with one attached hydrogen (secondary N) is 1. The highest BCUT2D eigenvalue weighted by atomic mass is 19.1. The second-order valence-electron chi connectivity index (χ2n) is 5.48. The van der Waals surface area contributed by atoms with E-state index in [0.717, 1.165) is 37.7 Å². The third-order valence-electron chi connectivity index (χ3n) is 4.05. The van der Waals surface area contributed by atoms with Gasteiger partial charge in [0.2, 0.25) is 5.91 Å². The van der Waals surface area contributed by atoms with Crippen LogP contribution in [0.4, 0.5) is 10.1 Å². The molecule has 0 aliphatic heterocycles. The Bertz CT molecular complexity index is 467. The molecule has 1 aliphatic carbocycles. The minimum absolute atomic E-state index is 0.140. The summed E-state index contributed by atoms with van der Waals surface area (Å²) in [6.45, 7) is 2.20. The van der Waals surface area contributed by atoms with E-state index in [1.807, 2.05) is 6.92 Å². The molecule has 1 aromatic carbocycles. The molecule has 0 unspecified atom stereocenters. The fourth-order valence-electron chi connectivity index (χ4n) is 2.74. The van der Waals surface area contributed by atoms with E-state index in [1.165, 1.54) is 6.07 Å². The van der Waals surface area contributed by atoms with Gasteiger partial charge in [-0.1, -0.05) is 25.3 Å². The zero-order chi connectivity index (χ0) is 13.9. The standard InChI is InChI=1S/C15H21FN2O/c1-11-5-6-12(16)13(9-11)18-14(19)15(10-17)7-3-2-4-8-15/h5-6,9H,2-4,7-8,10,17H2,1H3,(H,18,19). The number of aryl methyl sites for hydroxylation is 1. The first kappa shape index (κ1) is 14.0. The zero-order valence-corrected chi connectivity index (χ0v) is 11.3. The average molecular weight is 264 g/mol. The van der Waals surface area contributed by atoms with Gasteiger partial charge in [0, 0.05) is 6.54 Å². The highest BCUT2D eigenvalue weighted by Gasteiger charge is 2.38. The zero-order valence-electron chi connectivity index (χ0n) is 11.3. The maximum atomic E-state index is 13.7. The van der Waals surface area contributed by atoms with Gasteiger partial charge in [0.15, 0.2) is 0 Å². The second kappa shape index (κ2) is 5.70. The molecule has 104 valence electrons. The van der Waals surface area contributed by atoms with Crippen LogP contribution in [0.25, 0.3) is 0 Å². The highest BCUT2D eigenvalue weighted by molar-refractivity contribution is 5.95. The van der Waals surface area contributed by atoms with Gasteiger partial charge in [-0.15, -0.1) is 0 Å². The summed E-state index contributed by atoms with van der Waals surface area (Å²) >= 11 is 0. The Hall–Kier alpha value is -1.42. The van der Waals surface area contributed by atoms with Crippen LogP contribution >= 0.6 is 0 Å². The van der Waals surface area contributed by atoms with Crippen molar-refractivity contribution in [1.29, 1.82) is 0 Å². The highest BCUT2D eigenvalue weighted by Crippen LogP contribution is 2.36. The number of hydrogen-bond donors (Lipinski definition) is 2. The lowest BCUT2D eigenvalue weighted by Gasteiger charge is -2.34. The summed E-state index contributed by atoms with van der Waals surface area (Å²) in [6, 6.07) is 4.71. The summed E-state index contributed by atoms with van der Waals surface area (Å²) in [5.41, 5.74) is 6.46. The molecule has 3 N–H and O–H groups in total. The Morgan fingerprint density at radius 1 is 1.37 bits per heavy atom. The van der Waals surface area contributed by atoms with Gasteiger partial charge in [0.25, 0.3) is 0 Å². The SMILES string of the molecule is Cc1ccc(F)c(NC(=O)C2(CN)CCCCC2)c1. The van der Waals surface area contributed by atoms with E-state index in [2.05, 4.69) is 5.32 Å². The van der Waals surface area contributed by atoms with Gasteiger partial charge in [0.1, 0.15) is 5.82 Å². The van der Waals surface area contributed by atoms with Crippen LogP contribution in [0, 0.1) is 18.2 Å². The summed E-state index contributed by atoms with van der Waals surface area (Å²) in [5, 5.41) is 2.72. The molecule has 0 radical (unpaired) electrons. The molecule has 0 spiro atoms. The van der Waals surface area contributed by atoms with Crippen LogP contribution in [0.5, 0.6) is 0 Å². The van der Waals surface area contributed by atoms with Crippen molar-refractivity contribution in [3.63, 3.8) is 0 Å². The van der Waals surface area contributed by atoms with Gasteiger partial charge in [-0.2, -0.15) is 0 Å². The fraction of sp³-hybridized carbons (Fsp3) is 0.533. The van der Waals surface area contributed by atoms with E-state index >= 15 is 0 Å². The van der Waals surface area contributed by atoms with Gasteiger partial charge >= 0.3 is 0 Å². The van der Waals surface area contributed by atoms with Crippen molar-refractivity contribution < 1.29 is 9.18 Å². The van der Waals surface area contributed by atoms with E-state index in [0.29, 0.717) is 6.54 Å². The first-order valence-electron chi connectivity index (χ1n) is 6.85. The quantitative estimate of drug-likeness (QED) is 0.881. The molecular weight excluding hydrogens is 243 g/mol. The molecule has 1 aliphatic rings. The summed E-state index contributed by atoms with van der Waals surface area (Å²) in [5.74, 6) is -0.541. The monoisotopic (exact) mass is 264 g/mol. The summed E-state index contributed by atoms with van der Waals surface area (Å²) < 4.78 is 13.7. The number of anilines is 1. The van der Waals surface area contributed by atoms with Crippen LogP contribution in [0.1, 0.15) is 37.7 Å². The number of carbonyl (C=O) groups excluding carboxylic acids is 1. The number of hydrogen-bond acceptors (Lipinski definition) is 2. The molecule has 0 atom stereocenters. The van der Waals surface area contributed by atoms with Crippen LogP contribution in [0.15, 0.2) is 18.2 Å². The van der Waals surface area contributed by atoms with E-state index in [-0.39, 0.29) is 11.6 Å². The molecule has 1 saturated carbocycles. The van der Waals surface area contributed by atoms with Gasteiger partial charge in [-0.3, -0.25) is 4.79 Å². The predicted molar refractivity (Wildman–Crippen MR) is 74.3 cm³/mol. The summed E-state index contributed by atoms with van der Waals surface area (Å²) in [7, 11) is 0. The van der Waals surface area contributed by atoms with Gasteiger partial charge in [-0.25, -0.2) is 4.39 Å². The first-order chi connectivity index (χ1) is 9.07. The number of benzene rings is 1. The minimum Gasteiger partial charge on any atom is -0.329 e. The van der Waals surface area contributed by atoms with E-state index < -0.39 is 11.2 Å². The van der Waals surface area contributed by atoms with Crippen molar-refractivity contribution >= 4 is 11.6 Å². The number of amides is 1. The molecule has 1 fully saturated rings. The lowest BCUT2D eigenvalue weighted by Crippen LogP contribution is -2.44. The topological polar surface area (TPSA) is 55.1 Å². The maximum Gasteiger partial charge on any atom is 0.231 e. The molecule has 0 aromatic heterocycles. The van der Waals surface area contributed by atoms with Crippen LogP contribution in [0.2, 0.25) is 0 Å². The Kier molecular flexibility index (Phi) is 4.20. The van der Waals surface area contributed by atoms with Crippen molar-refractivity contribution in [2.75, 3.05) is 11.9 Å². The molecule has 0 heterocycles. The molecule has 4 heteroatoms. The van der Waals surface area contributed by atoms with Crippen molar-refractivity contribution in [2.45, 2.75) is 39.0 Å². The van der Waals surface area contributed by atoms with E-state index in [9.17, 15) is 9.18 Å². The number of carbonyl (C=O) groups is 1. The Morgan fingerprint density at radius 2 is 2.05 bits per heavy atom. The Morgan fingerprint density at radius 3 is 2.68 bits per heavy atom. The molecule has 2 rings (SSSR count). The third kappa shape index (κ3) is 2.95. The van der Waals surface area contributed by atoms with Crippen molar-refractivity contribution in [3.8, 4) is 0 Å². The van der Waals surface area contributed by atoms with Gasteiger partial charge in [-0.05, 0) is 37.5 Å². The second-order valence-corrected chi connectivity index (χ2v) is 5.48.